The first-order chi connectivity index (χ1) is 14.6. The molecule has 0 radical (unpaired) electrons. The fourth-order valence-electron chi connectivity index (χ4n) is 3.76. The van der Waals surface area contributed by atoms with Crippen molar-refractivity contribution in [2.24, 2.45) is 0 Å². The first-order valence-electron chi connectivity index (χ1n) is 10.1. The van der Waals surface area contributed by atoms with Gasteiger partial charge < -0.3 is 18.9 Å². The monoisotopic (exact) mass is 407 g/mol. The molecule has 3 heterocycles. The van der Waals surface area contributed by atoms with E-state index >= 15 is 0 Å². The predicted molar refractivity (Wildman–Crippen MR) is 111 cm³/mol. The molecular weight excluding hydrogens is 382 g/mol. The van der Waals surface area contributed by atoms with Gasteiger partial charge in [-0.15, -0.1) is 0 Å². The Morgan fingerprint density at radius 2 is 2.07 bits per heavy atom. The van der Waals surface area contributed by atoms with E-state index in [-0.39, 0.29) is 12.0 Å². The fourth-order valence-corrected chi connectivity index (χ4v) is 3.76. The zero-order chi connectivity index (χ0) is 21.1. The van der Waals surface area contributed by atoms with E-state index in [1.165, 1.54) is 0 Å². The summed E-state index contributed by atoms with van der Waals surface area (Å²) >= 11 is 0. The molecule has 3 aromatic rings. The van der Waals surface area contributed by atoms with E-state index in [4.69, 9.17) is 19.0 Å². The number of nitrogens with zero attached hydrogens (tertiary/aromatic N) is 3. The molecule has 0 aliphatic carbocycles. The van der Waals surface area contributed by atoms with Gasteiger partial charge in [0.1, 0.15) is 17.6 Å². The Kier molecular flexibility index (Phi) is 5.81. The number of amides is 1. The van der Waals surface area contributed by atoms with Crippen molar-refractivity contribution in [3.63, 3.8) is 0 Å². The number of ether oxygens (including phenoxy) is 2. The Morgan fingerprint density at radius 3 is 2.87 bits per heavy atom. The number of rotatable bonds is 5. The number of hydrogen-bond donors (Lipinski definition) is 0. The number of aryl methyl sites for hydroxylation is 2. The number of methoxy groups -OCH3 is 1. The quantitative estimate of drug-likeness (QED) is 0.640. The summed E-state index contributed by atoms with van der Waals surface area (Å²) in [5.74, 6) is 1.32. The Morgan fingerprint density at radius 1 is 1.23 bits per heavy atom. The van der Waals surface area contributed by atoms with Gasteiger partial charge in [0.15, 0.2) is 0 Å². The van der Waals surface area contributed by atoms with Gasteiger partial charge in [-0.1, -0.05) is 30.3 Å². The molecule has 30 heavy (non-hydrogen) atoms. The van der Waals surface area contributed by atoms with Crippen molar-refractivity contribution in [3.8, 4) is 17.0 Å². The molecular formula is C23H25N3O4. The molecule has 0 N–H and O–H groups in total. The van der Waals surface area contributed by atoms with Crippen molar-refractivity contribution in [1.82, 2.24) is 15.0 Å². The summed E-state index contributed by atoms with van der Waals surface area (Å²) < 4.78 is 16.7. The summed E-state index contributed by atoms with van der Waals surface area (Å²) in [6, 6.07) is 13.1. The lowest BCUT2D eigenvalue weighted by atomic mass is 10.1. The molecule has 1 unspecified atom stereocenters. The number of hydrogen-bond acceptors (Lipinski definition) is 6. The molecule has 1 saturated heterocycles. The summed E-state index contributed by atoms with van der Waals surface area (Å²) in [4.78, 5) is 19.7. The van der Waals surface area contributed by atoms with Crippen molar-refractivity contribution in [2.45, 2.75) is 26.4 Å². The van der Waals surface area contributed by atoms with Gasteiger partial charge in [-0.3, -0.25) is 4.79 Å². The number of pyridine rings is 1. The lowest BCUT2D eigenvalue weighted by Gasteiger charge is -2.33. The van der Waals surface area contributed by atoms with E-state index in [9.17, 15) is 4.79 Å². The van der Waals surface area contributed by atoms with Gasteiger partial charge in [-0.05, 0) is 31.2 Å². The average Bonchev–Trinajstić information content (AvgIpc) is 3.19. The molecule has 156 valence electrons. The van der Waals surface area contributed by atoms with Crippen LogP contribution in [-0.2, 0) is 11.2 Å². The number of para-hydroxylation sites is 1. The summed E-state index contributed by atoms with van der Waals surface area (Å²) in [6.45, 7) is 5.34. The van der Waals surface area contributed by atoms with Crippen LogP contribution in [0.25, 0.3) is 11.3 Å². The maximum Gasteiger partial charge on any atom is 0.257 e. The molecule has 1 aliphatic heterocycles. The molecule has 7 heteroatoms. The largest absolute Gasteiger partial charge is 0.496 e. The van der Waals surface area contributed by atoms with Gasteiger partial charge in [-0.2, -0.15) is 0 Å². The summed E-state index contributed by atoms with van der Waals surface area (Å²) in [7, 11) is 1.57. The number of benzene rings is 1. The minimum absolute atomic E-state index is 0.0694. The highest BCUT2D eigenvalue weighted by molar-refractivity contribution is 5.97. The molecule has 1 aromatic carbocycles. The van der Waals surface area contributed by atoms with Gasteiger partial charge in [0, 0.05) is 13.0 Å². The van der Waals surface area contributed by atoms with E-state index in [1.807, 2.05) is 44.2 Å². The van der Waals surface area contributed by atoms with Crippen LogP contribution < -0.4 is 4.74 Å². The number of carbonyl (C=O) groups is 1. The van der Waals surface area contributed by atoms with Crippen LogP contribution in [0.15, 0.2) is 47.0 Å². The molecule has 7 nitrogen and oxygen atoms in total. The highest BCUT2D eigenvalue weighted by Gasteiger charge is 2.28. The van der Waals surface area contributed by atoms with E-state index < -0.39 is 0 Å². The second-order valence-electron chi connectivity index (χ2n) is 7.18. The average molecular weight is 407 g/mol. The second kappa shape index (κ2) is 8.67. The van der Waals surface area contributed by atoms with E-state index in [2.05, 4.69) is 5.16 Å². The lowest BCUT2D eigenvalue weighted by Crippen LogP contribution is -2.42. The van der Waals surface area contributed by atoms with Crippen molar-refractivity contribution < 1.29 is 18.8 Å². The Bertz CT molecular complexity index is 1050. The number of aromatic nitrogens is 2. The molecule has 2 aromatic heterocycles. The van der Waals surface area contributed by atoms with Crippen LogP contribution in [0.4, 0.5) is 0 Å². The minimum Gasteiger partial charge on any atom is -0.496 e. The molecule has 4 rings (SSSR count). The second-order valence-corrected chi connectivity index (χ2v) is 7.18. The Labute approximate surface area is 175 Å². The topological polar surface area (TPSA) is 77.7 Å². The normalized spacial score (nSPS) is 16.5. The fraction of sp³-hybridized carbons (Fsp3) is 0.348. The van der Waals surface area contributed by atoms with Gasteiger partial charge in [-0.25, -0.2) is 4.98 Å². The van der Waals surface area contributed by atoms with Gasteiger partial charge in [0.25, 0.3) is 5.91 Å². The smallest absolute Gasteiger partial charge is 0.257 e. The molecule has 1 amide bonds. The van der Waals surface area contributed by atoms with Crippen LogP contribution in [-0.4, -0.2) is 47.8 Å². The SMILES string of the molecule is CCc1onc(C)c1-c1cccc(C2CN(C(=O)c3ccccc3OC)CCO2)n1. The molecule has 1 fully saturated rings. The Hall–Kier alpha value is -3.19. The maximum atomic E-state index is 13.1. The van der Waals surface area contributed by atoms with Gasteiger partial charge in [0.2, 0.25) is 0 Å². The van der Waals surface area contributed by atoms with Crippen LogP contribution in [0.3, 0.4) is 0 Å². The molecule has 0 saturated carbocycles. The van der Waals surface area contributed by atoms with Crippen LogP contribution in [0, 0.1) is 6.92 Å². The van der Waals surface area contributed by atoms with Crippen molar-refractivity contribution in [3.05, 3.63) is 65.2 Å². The predicted octanol–water partition coefficient (Wildman–Crippen LogP) is 3.83. The number of morpholine rings is 1. The highest BCUT2D eigenvalue weighted by atomic mass is 16.5. The van der Waals surface area contributed by atoms with E-state index in [1.54, 1.807) is 24.1 Å². The molecule has 1 aliphatic rings. The first-order valence-corrected chi connectivity index (χ1v) is 10.1. The standard InChI is InChI=1S/C23H25N3O4/c1-4-19-22(15(2)25-30-19)18-10-7-9-17(24-18)21-14-26(12-13-29-21)23(27)16-8-5-6-11-20(16)28-3/h5-11,21H,4,12-14H2,1-3H3. The maximum absolute atomic E-state index is 13.1. The van der Waals surface area contributed by atoms with Crippen LogP contribution >= 0.6 is 0 Å². The van der Waals surface area contributed by atoms with Crippen LogP contribution in [0.1, 0.15) is 40.5 Å². The van der Waals surface area contributed by atoms with E-state index in [0.29, 0.717) is 31.0 Å². The molecule has 0 spiro atoms. The van der Waals surface area contributed by atoms with Crippen LogP contribution in [0.2, 0.25) is 0 Å². The summed E-state index contributed by atoms with van der Waals surface area (Å²) in [6.07, 6.45) is 0.436. The number of carbonyl (C=O) groups excluding carboxylic acids is 1. The van der Waals surface area contributed by atoms with E-state index in [0.717, 1.165) is 34.8 Å². The third-order valence-corrected chi connectivity index (χ3v) is 5.30. The lowest BCUT2D eigenvalue weighted by molar-refractivity contribution is -0.0247. The van der Waals surface area contributed by atoms with Crippen molar-refractivity contribution in [2.75, 3.05) is 26.8 Å². The zero-order valence-corrected chi connectivity index (χ0v) is 17.4. The first kappa shape index (κ1) is 20.1. The van der Waals surface area contributed by atoms with Gasteiger partial charge >= 0.3 is 0 Å². The molecule has 1 atom stereocenters. The summed E-state index contributed by atoms with van der Waals surface area (Å²) in [5, 5.41) is 4.08. The van der Waals surface area contributed by atoms with Gasteiger partial charge in [0.05, 0.1) is 48.5 Å². The minimum atomic E-state index is -0.303. The van der Waals surface area contributed by atoms with Crippen LogP contribution in [0.5, 0.6) is 5.75 Å². The zero-order valence-electron chi connectivity index (χ0n) is 17.4. The summed E-state index contributed by atoms with van der Waals surface area (Å²) in [5.41, 5.74) is 3.88. The van der Waals surface area contributed by atoms with Crippen molar-refractivity contribution >= 4 is 5.91 Å². The highest BCUT2D eigenvalue weighted by Crippen LogP contribution is 2.29. The van der Waals surface area contributed by atoms with Crippen molar-refractivity contribution in [1.29, 1.82) is 0 Å². The Balaban J connectivity index is 1.58. The third-order valence-electron chi connectivity index (χ3n) is 5.30. The third kappa shape index (κ3) is 3.80. The molecule has 0 bridgehead atoms.